The topological polar surface area (TPSA) is 186 Å². The van der Waals surface area contributed by atoms with E-state index in [0.717, 1.165) is 17.9 Å². The molecule has 0 unspecified atom stereocenters. The lowest BCUT2D eigenvalue weighted by Gasteiger charge is -2.28. The number of nitrogens with one attached hydrogen (secondary N) is 4. The van der Waals surface area contributed by atoms with Crippen LogP contribution in [-0.4, -0.2) is 87.1 Å². The largest absolute Gasteiger partial charge is 0.466 e. The summed E-state index contributed by atoms with van der Waals surface area (Å²) in [5.74, 6) is -3.18. The van der Waals surface area contributed by atoms with E-state index >= 15 is 0 Å². The Morgan fingerprint density at radius 3 is 1.94 bits per heavy atom. The van der Waals surface area contributed by atoms with Gasteiger partial charge in [0.2, 0.25) is 17.7 Å². The number of hydrogen-bond donors (Lipinski definition) is 4. The van der Waals surface area contributed by atoms with Crippen molar-refractivity contribution < 1.29 is 41.9 Å². The summed E-state index contributed by atoms with van der Waals surface area (Å²) in [4.78, 5) is 65.0. The van der Waals surface area contributed by atoms with Crippen molar-refractivity contribution in [1.82, 2.24) is 21.3 Å². The Bertz CT molecular complexity index is 1340. The fraction of sp³-hybridized carbons (Fsp3) is 0.606. The lowest BCUT2D eigenvalue weighted by molar-refractivity contribution is -0.135. The first-order valence-electron chi connectivity index (χ1n) is 15.6. The number of sulfone groups is 1. The molecule has 13 nitrogen and oxygen atoms in total. The molecule has 0 bridgehead atoms. The number of carbonyl (C=O) groups excluding carboxylic acids is 5. The maximum atomic E-state index is 13.7. The zero-order chi connectivity index (χ0) is 35.9. The molecule has 0 fully saturated rings. The molecule has 0 spiro atoms. The second kappa shape index (κ2) is 19.0. The van der Waals surface area contributed by atoms with Gasteiger partial charge in [-0.3, -0.25) is 14.4 Å². The van der Waals surface area contributed by atoms with E-state index in [2.05, 4.69) is 26.0 Å². The Morgan fingerprint density at radius 2 is 1.43 bits per heavy atom. The smallest absolute Gasteiger partial charge is 0.408 e. The van der Waals surface area contributed by atoms with Gasteiger partial charge >= 0.3 is 12.1 Å². The van der Waals surface area contributed by atoms with E-state index in [1.165, 1.54) is 13.2 Å². The summed E-state index contributed by atoms with van der Waals surface area (Å²) >= 11 is 0. The molecule has 4 atom stereocenters. The second-order valence-corrected chi connectivity index (χ2v) is 15.5. The number of ether oxygens (including phenoxy) is 2. The third-order valence-corrected chi connectivity index (χ3v) is 7.65. The molecule has 0 heterocycles. The Kier molecular flexibility index (Phi) is 16.6. The normalized spacial score (nSPS) is 14.5. The van der Waals surface area contributed by atoms with Gasteiger partial charge in [-0.1, -0.05) is 64.1 Å². The fourth-order valence-electron chi connectivity index (χ4n) is 4.37. The van der Waals surface area contributed by atoms with Gasteiger partial charge in [0.25, 0.3) is 0 Å². The van der Waals surface area contributed by atoms with Crippen molar-refractivity contribution in [3.63, 3.8) is 0 Å². The minimum atomic E-state index is -3.40. The van der Waals surface area contributed by atoms with E-state index < -0.39 is 69.4 Å². The van der Waals surface area contributed by atoms with Gasteiger partial charge in [0.05, 0.1) is 12.9 Å². The first-order chi connectivity index (χ1) is 21.7. The predicted molar refractivity (Wildman–Crippen MR) is 179 cm³/mol. The van der Waals surface area contributed by atoms with Gasteiger partial charge in [0.15, 0.2) is 0 Å². The molecule has 0 saturated carbocycles. The number of rotatable bonds is 17. The van der Waals surface area contributed by atoms with Crippen LogP contribution in [0.3, 0.4) is 0 Å². The van der Waals surface area contributed by atoms with Crippen LogP contribution in [-0.2, 0) is 44.9 Å². The maximum absolute atomic E-state index is 13.7. The minimum absolute atomic E-state index is 0.0304. The Balaban J connectivity index is 3.31. The molecule has 0 aliphatic rings. The van der Waals surface area contributed by atoms with Crippen LogP contribution in [0.15, 0.2) is 42.5 Å². The van der Waals surface area contributed by atoms with Crippen molar-refractivity contribution in [2.45, 2.75) is 97.5 Å². The fourth-order valence-corrected chi connectivity index (χ4v) is 5.05. The minimum Gasteiger partial charge on any atom is -0.466 e. The van der Waals surface area contributed by atoms with Gasteiger partial charge in [0.1, 0.15) is 33.6 Å². The molecule has 0 aliphatic carbocycles. The van der Waals surface area contributed by atoms with Crippen LogP contribution in [0.4, 0.5) is 4.79 Å². The Morgan fingerprint density at radius 1 is 0.851 bits per heavy atom. The highest BCUT2D eigenvalue weighted by Gasteiger charge is 2.33. The van der Waals surface area contributed by atoms with E-state index in [-0.39, 0.29) is 36.9 Å². The van der Waals surface area contributed by atoms with Crippen molar-refractivity contribution in [3.8, 4) is 0 Å². The summed E-state index contributed by atoms with van der Waals surface area (Å²) in [6.07, 6.45) is 2.98. The molecule has 1 rings (SSSR count). The third-order valence-electron chi connectivity index (χ3n) is 6.67. The Labute approximate surface area is 278 Å². The zero-order valence-corrected chi connectivity index (χ0v) is 29.7. The number of esters is 1. The SMILES string of the molecule is COC(=O)/C=C/[C@H](CCS(C)(=O)=O)NC(=O)[C@H](Cc1ccccc1)NC(=O)[C@H](CC(C)C)NC(=O)[C@@H](NC(=O)OC(C)(C)C)C(C)C. The quantitative estimate of drug-likeness (QED) is 0.142. The van der Waals surface area contributed by atoms with Crippen molar-refractivity contribution >= 4 is 39.6 Å². The highest BCUT2D eigenvalue weighted by Crippen LogP contribution is 2.12. The average molecular weight is 681 g/mol. The summed E-state index contributed by atoms with van der Waals surface area (Å²) in [7, 11) is -2.21. The van der Waals surface area contributed by atoms with Gasteiger partial charge in [-0.25, -0.2) is 18.0 Å². The van der Waals surface area contributed by atoms with Crippen molar-refractivity contribution in [2.24, 2.45) is 11.8 Å². The Hall–Kier alpha value is -3.94. The third kappa shape index (κ3) is 17.5. The number of benzene rings is 1. The molecule has 0 saturated heterocycles. The first-order valence-corrected chi connectivity index (χ1v) is 17.6. The van der Waals surface area contributed by atoms with Crippen LogP contribution in [0.2, 0.25) is 0 Å². The van der Waals surface area contributed by atoms with Crippen LogP contribution in [0, 0.1) is 11.8 Å². The van der Waals surface area contributed by atoms with Gasteiger partial charge in [-0.15, -0.1) is 0 Å². The van der Waals surface area contributed by atoms with Crippen LogP contribution in [0.5, 0.6) is 0 Å². The number of alkyl carbamates (subject to hydrolysis) is 1. The molecule has 14 heteroatoms. The van der Waals surface area contributed by atoms with Crippen LogP contribution in [0.1, 0.15) is 66.9 Å². The molecular weight excluding hydrogens is 628 g/mol. The average Bonchev–Trinajstić information content (AvgIpc) is 2.94. The summed E-state index contributed by atoms with van der Waals surface area (Å²) in [5.41, 5.74) is -0.0494. The molecule has 0 radical (unpaired) electrons. The van der Waals surface area contributed by atoms with E-state index in [9.17, 15) is 32.4 Å². The summed E-state index contributed by atoms with van der Waals surface area (Å²) < 4.78 is 33.6. The van der Waals surface area contributed by atoms with Crippen LogP contribution >= 0.6 is 0 Å². The van der Waals surface area contributed by atoms with Gasteiger partial charge < -0.3 is 30.7 Å². The molecule has 47 heavy (non-hydrogen) atoms. The highest BCUT2D eigenvalue weighted by atomic mass is 32.2. The number of amides is 4. The van der Waals surface area contributed by atoms with E-state index in [0.29, 0.717) is 0 Å². The number of methoxy groups -OCH3 is 1. The molecule has 4 amide bonds. The lowest BCUT2D eigenvalue weighted by Crippen LogP contribution is -2.58. The molecule has 0 aliphatic heterocycles. The van der Waals surface area contributed by atoms with Crippen molar-refractivity contribution in [2.75, 3.05) is 19.1 Å². The lowest BCUT2D eigenvalue weighted by atomic mass is 9.99. The molecule has 1 aromatic carbocycles. The zero-order valence-electron chi connectivity index (χ0n) is 28.9. The highest BCUT2D eigenvalue weighted by molar-refractivity contribution is 7.90. The molecule has 1 aromatic rings. The summed E-state index contributed by atoms with van der Waals surface area (Å²) in [5, 5.41) is 10.8. The number of hydrogen-bond acceptors (Lipinski definition) is 9. The van der Waals surface area contributed by atoms with Gasteiger partial charge in [-0.05, 0) is 51.0 Å². The van der Waals surface area contributed by atoms with Crippen molar-refractivity contribution in [1.29, 1.82) is 0 Å². The predicted octanol–water partition coefficient (Wildman–Crippen LogP) is 2.44. The number of carbonyl (C=O) groups is 5. The van der Waals surface area contributed by atoms with Gasteiger partial charge in [-0.2, -0.15) is 0 Å². The first kappa shape index (κ1) is 41.1. The standard InChI is InChI=1S/C33H52N4O9S/c1-21(2)19-25(36-31(41)28(22(3)4)37-32(42)46-33(5,6)7)30(40)35-26(20-23-13-11-10-12-14-23)29(39)34-24(15-16-27(38)45-8)17-18-47(9,43)44/h10-16,21-22,24-26,28H,17-20H2,1-9H3,(H,34,39)(H,35,40)(H,36,41)(H,37,42)/b16-15+/t24-,25+,26+,28+/m1/s1. The van der Waals surface area contributed by atoms with E-state index in [4.69, 9.17) is 4.74 Å². The second-order valence-electron chi connectivity index (χ2n) is 13.2. The molecule has 0 aromatic heterocycles. The molecule has 4 N–H and O–H groups in total. The summed E-state index contributed by atoms with van der Waals surface area (Å²) in [6, 6.07) is 4.87. The maximum Gasteiger partial charge on any atom is 0.408 e. The van der Waals surface area contributed by atoms with E-state index in [1.807, 2.05) is 13.8 Å². The van der Waals surface area contributed by atoms with E-state index in [1.54, 1.807) is 65.0 Å². The van der Waals surface area contributed by atoms with Crippen LogP contribution in [0.25, 0.3) is 0 Å². The van der Waals surface area contributed by atoms with Crippen molar-refractivity contribution in [3.05, 3.63) is 48.0 Å². The summed E-state index contributed by atoms with van der Waals surface area (Å²) in [6.45, 7) is 12.3. The molecular formula is C33H52N4O9S. The van der Waals surface area contributed by atoms with Gasteiger partial charge in [0, 0.05) is 24.8 Å². The molecule has 264 valence electrons. The monoisotopic (exact) mass is 680 g/mol. The van der Waals surface area contributed by atoms with Crippen LogP contribution < -0.4 is 21.3 Å².